The molecule has 1 aromatic rings. The maximum Gasteiger partial charge on any atom is 0.273 e. The first-order valence-electron chi connectivity index (χ1n) is 5.74. The van der Waals surface area contributed by atoms with Gasteiger partial charge in [-0.15, -0.1) is 0 Å². The predicted octanol–water partition coefficient (Wildman–Crippen LogP) is 0.325. The quantitative estimate of drug-likeness (QED) is 0.270. The summed E-state index contributed by atoms with van der Waals surface area (Å²) < 4.78 is 5.14. The Morgan fingerprint density at radius 3 is 2.79 bits per heavy atom. The van der Waals surface area contributed by atoms with Crippen molar-refractivity contribution in [3.05, 3.63) is 28.3 Å². The lowest BCUT2D eigenvalue weighted by molar-refractivity contribution is -0.384. The number of benzene rings is 1. The first kappa shape index (κ1) is 15.2. The zero-order valence-electron chi connectivity index (χ0n) is 10.7. The lowest BCUT2D eigenvalue weighted by Gasteiger charge is -2.19. The second kappa shape index (κ2) is 7.52. The summed E-state index contributed by atoms with van der Waals surface area (Å²) in [6.45, 7) is 1.22. The van der Waals surface area contributed by atoms with Gasteiger partial charge in [0.15, 0.2) is 0 Å². The van der Waals surface area contributed by atoms with Crippen LogP contribution in [0, 0.1) is 10.1 Å². The topological polar surface area (TPSA) is 114 Å². The monoisotopic (exact) mass is 270 g/mol. The van der Waals surface area contributed by atoms with Crippen molar-refractivity contribution in [2.75, 3.05) is 43.7 Å². The fourth-order valence-electron chi connectivity index (χ4n) is 1.50. The highest BCUT2D eigenvalue weighted by Crippen LogP contribution is 2.25. The van der Waals surface area contributed by atoms with Gasteiger partial charge in [-0.2, -0.15) is 0 Å². The number of non-ortho nitro benzene ring substituents is 1. The Morgan fingerprint density at radius 1 is 1.47 bits per heavy atom. The van der Waals surface area contributed by atoms with Crippen molar-refractivity contribution in [1.29, 1.82) is 0 Å². The second-order valence-electron chi connectivity index (χ2n) is 3.90. The number of nitrogen functional groups attached to an aromatic ring is 1. The van der Waals surface area contributed by atoms with E-state index in [1.807, 2.05) is 4.90 Å². The third kappa shape index (κ3) is 4.70. The zero-order chi connectivity index (χ0) is 14.3. The van der Waals surface area contributed by atoms with Gasteiger partial charge in [0.05, 0.1) is 30.4 Å². The summed E-state index contributed by atoms with van der Waals surface area (Å²) in [5.74, 6) is 5.28. The molecule has 0 aliphatic heterocycles. The van der Waals surface area contributed by atoms with Crippen molar-refractivity contribution in [3.63, 3.8) is 0 Å². The van der Waals surface area contributed by atoms with Crippen LogP contribution in [0.1, 0.15) is 0 Å². The number of aliphatic hydroxyl groups is 1. The highest BCUT2D eigenvalue weighted by molar-refractivity contribution is 5.63. The van der Waals surface area contributed by atoms with Gasteiger partial charge in [-0.05, 0) is 6.07 Å². The molecule has 0 heterocycles. The molecule has 19 heavy (non-hydrogen) atoms. The summed E-state index contributed by atoms with van der Waals surface area (Å²) in [7, 11) is 1.79. The number of hydrogen-bond donors (Lipinski definition) is 3. The number of likely N-dealkylation sites (N-methyl/N-ethyl adjacent to an activating group) is 1. The third-order valence-electron chi connectivity index (χ3n) is 2.53. The van der Waals surface area contributed by atoms with Crippen LogP contribution in [0.25, 0.3) is 0 Å². The van der Waals surface area contributed by atoms with E-state index in [4.69, 9.17) is 15.7 Å². The number of ether oxygens (including phenoxy) is 1. The number of hydrogen-bond acceptors (Lipinski definition) is 7. The highest BCUT2D eigenvalue weighted by Gasteiger charge is 2.11. The molecule has 4 N–H and O–H groups in total. The van der Waals surface area contributed by atoms with Crippen molar-refractivity contribution >= 4 is 17.1 Å². The zero-order valence-corrected chi connectivity index (χ0v) is 10.7. The molecular weight excluding hydrogens is 252 g/mol. The largest absolute Gasteiger partial charge is 0.394 e. The molecule has 106 valence electrons. The summed E-state index contributed by atoms with van der Waals surface area (Å²) in [4.78, 5) is 12.1. The van der Waals surface area contributed by atoms with E-state index >= 15 is 0 Å². The van der Waals surface area contributed by atoms with Gasteiger partial charge < -0.3 is 20.2 Å². The Kier molecular flexibility index (Phi) is 6.00. The van der Waals surface area contributed by atoms with Crippen molar-refractivity contribution in [3.8, 4) is 0 Å². The summed E-state index contributed by atoms with van der Waals surface area (Å²) >= 11 is 0. The Labute approximate surface area is 110 Å². The fourth-order valence-corrected chi connectivity index (χ4v) is 1.50. The molecule has 0 saturated heterocycles. The lowest BCUT2D eigenvalue weighted by atomic mass is 10.2. The van der Waals surface area contributed by atoms with Gasteiger partial charge in [0.2, 0.25) is 0 Å². The van der Waals surface area contributed by atoms with E-state index in [9.17, 15) is 10.1 Å². The van der Waals surface area contributed by atoms with E-state index in [-0.39, 0.29) is 18.9 Å². The standard InChI is InChI=1S/C11H18N4O4/c1-14(2-4-19-5-3-16)10-6-9(13-12)7-11(8-10)15(17)18/h6-8,13,16H,2-5,12H2,1H3. The van der Waals surface area contributed by atoms with Crippen molar-refractivity contribution in [2.24, 2.45) is 5.84 Å². The number of nitro groups is 1. The molecule has 0 amide bonds. The average Bonchev–Trinajstić information content (AvgIpc) is 2.42. The molecule has 0 saturated carbocycles. The number of nitrogens with two attached hydrogens (primary N) is 1. The molecule has 0 unspecified atom stereocenters. The van der Waals surface area contributed by atoms with E-state index in [1.54, 1.807) is 13.1 Å². The van der Waals surface area contributed by atoms with Gasteiger partial charge >= 0.3 is 0 Å². The number of aliphatic hydroxyl groups excluding tert-OH is 1. The van der Waals surface area contributed by atoms with Crippen LogP contribution in [0.15, 0.2) is 18.2 Å². The predicted molar refractivity (Wildman–Crippen MR) is 72.1 cm³/mol. The van der Waals surface area contributed by atoms with Crippen LogP contribution in [0.5, 0.6) is 0 Å². The first-order chi connectivity index (χ1) is 9.08. The molecule has 0 aromatic heterocycles. The van der Waals surface area contributed by atoms with E-state index in [0.29, 0.717) is 24.5 Å². The number of nitrogens with one attached hydrogen (secondary N) is 1. The van der Waals surface area contributed by atoms with Crippen LogP contribution in [-0.2, 0) is 4.74 Å². The number of nitrogens with zero attached hydrogens (tertiary/aromatic N) is 2. The maximum atomic E-state index is 10.8. The minimum Gasteiger partial charge on any atom is -0.394 e. The molecule has 8 heteroatoms. The van der Waals surface area contributed by atoms with Crippen LogP contribution in [0.4, 0.5) is 17.1 Å². The lowest BCUT2D eigenvalue weighted by Crippen LogP contribution is -2.23. The second-order valence-corrected chi connectivity index (χ2v) is 3.90. The normalized spacial score (nSPS) is 10.3. The summed E-state index contributed by atoms with van der Waals surface area (Å²) in [5.41, 5.74) is 3.49. The van der Waals surface area contributed by atoms with E-state index in [0.717, 1.165) is 0 Å². The molecule has 1 rings (SSSR count). The fraction of sp³-hybridized carbons (Fsp3) is 0.455. The molecule has 0 atom stereocenters. The smallest absolute Gasteiger partial charge is 0.273 e. The molecule has 8 nitrogen and oxygen atoms in total. The van der Waals surface area contributed by atoms with Crippen LogP contribution < -0.4 is 16.2 Å². The molecular formula is C11H18N4O4. The van der Waals surface area contributed by atoms with Gasteiger partial charge in [0.25, 0.3) is 5.69 Å². The van der Waals surface area contributed by atoms with E-state index < -0.39 is 4.92 Å². The van der Waals surface area contributed by atoms with Crippen molar-refractivity contribution < 1.29 is 14.8 Å². The van der Waals surface area contributed by atoms with Crippen LogP contribution >= 0.6 is 0 Å². The van der Waals surface area contributed by atoms with Gasteiger partial charge in [-0.25, -0.2) is 0 Å². The molecule has 0 spiro atoms. The minimum absolute atomic E-state index is 0.0260. The molecule has 0 radical (unpaired) electrons. The Morgan fingerprint density at radius 2 is 2.21 bits per heavy atom. The SMILES string of the molecule is CN(CCOCCO)c1cc(NN)cc([N+](=O)[O-])c1. The summed E-state index contributed by atoms with van der Waals surface area (Å²) in [6.07, 6.45) is 0. The Hall–Kier alpha value is -1.90. The van der Waals surface area contributed by atoms with Crippen LogP contribution in [0.2, 0.25) is 0 Å². The Bertz CT molecular complexity index is 427. The van der Waals surface area contributed by atoms with Gasteiger partial charge in [-0.1, -0.05) is 0 Å². The van der Waals surface area contributed by atoms with Crippen LogP contribution in [0.3, 0.4) is 0 Å². The Balaban J connectivity index is 2.74. The van der Waals surface area contributed by atoms with Gasteiger partial charge in [0, 0.05) is 31.4 Å². The molecule has 0 aliphatic rings. The first-order valence-corrected chi connectivity index (χ1v) is 5.74. The van der Waals surface area contributed by atoms with Gasteiger partial charge in [-0.3, -0.25) is 16.0 Å². The van der Waals surface area contributed by atoms with E-state index in [2.05, 4.69) is 5.43 Å². The van der Waals surface area contributed by atoms with E-state index in [1.165, 1.54) is 12.1 Å². The van der Waals surface area contributed by atoms with Crippen LogP contribution in [-0.4, -0.2) is 43.4 Å². The molecule has 0 bridgehead atoms. The number of nitro benzene ring substituents is 1. The highest BCUT2D eigenvalue weighted by atomic mass is 16.6. The molecule has 0 aliphatic carbocycles. The summed E-state index contributed by atoms with van der Waals surface area (Å²) in [6, 6.07) is 4.53. The number of anilines is 2. The maximum absolute atomic E-state index is 10.8. The van der Waals surface area contributed by atoms with Gasteiger partial charge in [0.1, 0.15) is 0 Å². The third-order valence-corrected chi connectivity index (χ3v) is 2.53. The average molecular weight is 270 g/mol. The van der Waals surface area contributed by atoms with Crippen molar-refractivity contribution in [1.82, 2.24) is 0 Å². The summed E-state index contributed by atoms with van der Waals surface area (Å²) in [5, 5.41) is 19.4. The minimum atomic E-state index is -0.472. The molecule has 0 fully saturated rings. The number of hydrazine groups is 1. The van der Waals surface area contributed by atoms with Crippen molar-refractivity contribution in [2.45, 2.75) is 0 Å². The number of rotatable bonds is 8. The molecule has 1 aromatic carbocycles.